The lowest BCUT2D eigenvalue weighted by atomic mass is 9.61. The van der Waals surface area contributed by atoms with Gasteiger partial charge >= 0.3 is 5.97 Å². The molecule has 1 saturated carbocycles. The number of amides is 1. The number of likely N-dealkylation sites (tertiary alicyclic amines) is 1. The summed E-state index contributed by atoms with van der Waals surface area (Å²) < 4.78 is 16.5. The highest BCUT2D eigenvalue weighted by molar-refractivity contribution is 5.97. The first-order valence-corrected chi connectivity index (χ1v) is 11.5. The molecule has 3 aliphatic rings. The number of hydrogen-bond donors (Lipinski definition) is 0. The van der Waals surface area contributed by atoms with Crippen LogP contribution in [0.5, 0.6) is 5.75 Å². The first-order chi connectivity index (χ1) is 15.1. The maximum atomic E-state index is 13.4. The van der Waals surface area contributed by atoms with Gasteiger partial charge in [-0.05, 0) is 50.7 Å². The zero-order chi connectivity index (χ0) is 21.8. The van der Waals surface area contributed by atoms with Crippen LogP contribution in [0, 0.1) is 11.3 Å². The van der Waals surface area contributed by atoms with Crippen LogP contribution in [0.15, 0.2) is 24.3 Å². The molecular formula is C24H34N2O5. The minimum atomic E-state index is -0.616. The normalized spacial score (nSPS) is 29.2. The van der Waals surface area contributed by atoms with Gasteiger partial charge in [-0.2, -0.15) is 0 Å². The monoisotopic (exact) mass is 430 g/mol. The molecular weight excluding hydrogens is 396 g/mol. The van der Waals surface area contributed by atoms with E-state index in [2.05, 4.69) is 4.90 Å². The standard InChI is InChI=1S/C24H34N2O5/c1-3-31-23(28)24-10-8-19(25-12-14-30-15-13-25)16-18(24)9-11-26(17-24)22(27)20-6-4-5-7-21(20)29-2/h4-7,18-19H,3,8-17H2,1-2H3/t18-,19-,24-/m1/s1. The van der Waals surface area contributed by atoms with E-state index in [1.54, 1.807) is 19.2 Å². The van der Waals surface area contributed by atoms with Gasteiger partial charge in [0.25, 0.3) is 5.91 Å². The van der Waals surface area contributed by atoms with Gasteiger partial charge in [-0.3, -0.25) is 14.5 Å². The number of fused-ring (bicyclic) bond motifs is 1. The molecule has 1 aromatic carbocycles. The Morgan fingerprint density at radius 1 is 1.16 bits per heavy atom. The van der Waals surface area contributed by atoms with Crippen molar-refractivity contribution in [2.45, 2.75) is 38.6 Å². The van der Waals surface area contributed by atoms with E-state index < -0.39 is 5.41 Å². The highest BCUT2D eigenvalue weighted by Gasteiger charge is 2.54. The van der Waals surface area contributed by atoms with Crippen LogP contribution >= 0.6 is 0 Å². The number of piperidine rings is 1. The molecule has 0 unspecified atom stereocenters. The molecule has 3 fully saturated rings. The minimum absolute atomic E-state index is 0.0742. The van der Waals surface area contributed by atoms with Crippen LogP contribution in [0.1, 0.15) is 43.0 Å². The minimum Gasteiger partial charge on any atom is -0.496 e. The summed E-state index contributed by atoms with van der Waals surface area (Å²) in [7, 11) is 1.57. The highest BCUT2D eigenvalue weighted by atomic mass is 16.5. The third-order valence-corrected chi connectivity index (χ3v) is 7.35. The van der Waals surface area contributed by atoms with Crippen LogP contribution < -0.4 is 4.74 Å². The summed E-state index contributed by atoms with van der Waals surface area (Å²) in [6, 6.07) is 7.77. The summed E-state index contributed by atoms with van der Waals surface area (Å²) in [6.07, 6.45) is 3.51. The molecule has 7 heteroatoms. The molecule has 1 aliphatic carbocycles. The van der Waals surface area contributed by atoms with E-state index in [1.807, 2.05) is 24.0 Å². The molecule has 0 spiro atoms. The maximum absolute atomic E-state index is 13.4. The van der Waals surface area contributed by atoms with Gasteiger partial charge in [0.05, 0.1) is 37.9 Å². The first kappa shape index (κ1) is 22.1. The van der Waals surface area contributed by atoms with Gasteiger partial charge in [0, 0.05) is 32.2 Å². The largest absolute Gasteiger partial charge is 0.496 e. The second-order valence-electron chi connectivity index (χ2n) is 8.87. The van der Waals surface area contributed by atoms with Crippen molar-refractivity contribution >= 4 is 11.9 Å². The first-order valence-electron chi connectivity index (χ1n) is 11.5. The van der Waals surface area contributed by atoms with Gasteiger partial charge in [0.2, 0.25) is 0 Å². The van der Waals surface area contributed by atoms with E-state index in [0.29, 0.717) is 37.1 Å². The van der Waals surface area contributed by atoms with Crippen molar-refractivity contribution in [2.75, 3.05) is 53.1 Å². The fourth-order valence-corrected chi connectivity index (χ4v) is 5.68. The molecule has 170 valence electrons. The lowest BCUT2D eigenvalue weighted by Crippen LogP contribution is -2.59. The Morgan fingerprint density at radius 3 is 2.68 bits per heavy atom. The van der Waals surface area contributed by atoms with Crippen molar-refractivity contribution in [2.24, 2.45) is 11.3 Å². The van der Waals surface area contributed by atoms with Crippen LogP contribution in [0.2, 0.25) is 0 Å². The average molecular weight is 431 g/mol. The van der Waals surface area contributed by atoms with Crippen LogP contribution in [0.25, 0.3) is 0 Å². The van der Waals surface area contributed by atoms with Gasteiger partial charge in [-0.15, -0.1) is 0 Å². The highest BCUT2D eigenvalue weighted by Crippen LogP contribution is 2.48. The van der Waals surface area contributed by atoms with Crippen LogP contribution in [-0.4, -0.2) is 80.8 Å². The predicted molar refractivity (Wildman–Crippen MR) is 116 cm³/mol. The Hall–Kier alpha value is -2.12. The maximum Gasteiger partial charge on any atom is 0.314 e. The van der Waals surface area contributed by atoms with Crippen LogP contribution in [0.4, 0.5) is 0 Å². The zero-order valence-electron chi connectivity index (χ0n) is 18.7. The molecule has 1 amide bonds. The number of para-hydroxylation sites is 1. The fourth-order valence-electron chi connectivity index (χ4n) is 5.68. The van der Waals surface area contributed by atoms with Crippen molar-refractivity contribution in [1.29, 1.82) is 0 Å². The number of morpholine rings is 1. The summed E-state index contributed by atoms with van der Waals surface area (Å²) in [4.78, 5) is 31.0. The SMILES string of the molecule is CCOC(=O)[C@@]12CC[C@@H](N3CCOCC3)C[C@H]1CCN(C(=O)c1ccccc1OC)C2. The van der Waals surface area contributed by atoms with Crippen molar-refractivity contribution in [1.82, 2.24) is 9.80 Å². The molecule has 0 radical (unpaired) electrons. The average Bonchev–Trinajstić information content (AvgIpc) is 2.83. The van der Waals surface area contributed by atoms with E-state index in [4.69, 9.17) is 14.2 Å². The van der Waals surface area contributed by atoms with Crippen molar-refractivity contribution in [3.63, 3.8) is 0 Å². The smallest absolute Gasteiger partial charge is 0.314 e. The second-order valence-corrected chi connectivity index (χ2v) is 8.87. The molecule has 0 N–H and O–H groups in total. The Kier molecular flexibility index (Phi) is 6.82. The molecule has 2 saturated heterocycles. The summed E-state index contributed by atoms with van der Waals surface area (Å²) in [6.45, 7) is 6.77. The third-order valence-electron chi connectivity index (χ3n) is 7.35. The number of carbonyl (C=O) groups excluding carboxylic acids is 2. The fraction of sp³-hybridized carbons (Fsp3) is 0.667. The van der Waals surface area contributed by atoms with Gasteiger partial charge < -0.3 is 19.1 Å². The summed E-state index contributed by atoms with van der Waals surface area (Å²) >= 11 is 0. The molecule has 3 atom stereocenters. The van der Waals surface area contributed by atoms with E-state index in [-0.39, 0.29) is 17.8 Å². The molecule has 2 aliphatic heterocycles. The summed E-state index contributed by atoms with van der Waals surface area (Å²) in [5, 5.41) is 0. The van der Waals surface area contributed by atoms with E-state index >= 15 is 0 Å². The number of esters is 1. The number of benzene rings is 1. The molecule has 2 heterocycles. The predicted octanol–water partition coefficient (Wildman–Crippen LogP) is 2.59. The van der Waals surface area contributed by atoms with Gasteiger partial charge in [-0.25, -0.2) is 0 Å². The van der Waals surface area contributed by atoms with Crippen LogP contribution in [-0.2, 0) is 14.3 Å². The Balaban J connectivity index is 1.55. The Bertz CT molecular complexity index is 794. The lowest BCUT2D eigenvalue weighted by Gasteiger charge is -2.52. The van der Waals surface area contributed by atoms with Crippen LogP contribution in [0.3, 0.4) is 0 Å². The zero-order valence-corrected chi connectivity index (χ0v) is 18.7. The molecule has 1 aromatic rings. The molecule has 0 bridgehead atoms. The Morgan fingerprint density at radius 2 is 1.94 bits per heavy atom. The van der Waals surface area contributed by atoms with E-state index in [9.17, 15) is 9.59 Å². The van der Waals surface area contributed by atoms with Gasteiger partial charge in [0.1, 0.15) is 5.75 Å². The summed E-state index contributed by atoms with van der Waals surface area (Å²) in [5.41, 5.74) is -0.0705. The molecule has 4 rings (SSSR count). The number of methoxy groups -OCH3 is 1. The molecule has 7 nitrogen and oxygen atoms in total. The molecule has 31 heavy (non-hydrogen) atoms. The Labute approximate surface area is 184 Å². The van der Waals surface area contributed by atoms with Crippen molar-refractivity contribution in [3.8, 4) is 5.75 Å². The quantitative estimate of drug-likeness (QED) is 0.669. The molecule has 0 aromatic heterocycles. The van der Waals surface area contributed by atoms with Crippen molar-refractivity contribution < 1.29 is 23.8 Å². The lowest BCUT2D eigenvalue weighted by molar-refractivity contribution is -0.168. The number of nitrogens with zero attached hydrogens (tertiary/aromatic N) is 2. The third kappa shape index (κ3) is 4.30. The van der Waals surface area contributed by atoms with E-state index in [1.165, 1.54) is 0 Å². The van der Waals surface area contributed by atoms with Gasteiger partial charge in [0.15, 0.2) is 0 Å². The van der Waals surface area contributed by atoms with Crippen molar-refractivity contribution in [3.05, 3.63) is 29.8 Å². The number of rotatable bonds is 5. The number of ether oxygens (including phenoxy) is 3. The number of carbonyl (C=O) groups is 2. The summed E-state index contributed by atoms with van der Waals surface area (Å²) in [5.74, 6) is 0.582. The second kappa shape index (κ2) is 9.57. The topological polar surface area (TPSA) is 68.3 Å². The van der Waals surface area contributed by atoms with E-state index in [0.717, 1.165) is 52.0 Å². The number of hydrogen-bond acceptors (Lipinski definition) is 6. The van der Waals surface area contributed by atoms with Gasteiger partial charge in [-0.1, -0.05) is 12.1 Å².